The van der Waals surface area contributed by atoms with E-state index in [1.54, 1.807) is 0 Å². The molecule has 1 N–H and O–H groups in total. The Labute approximate surface area is 152 Å². The van der Waals surface area contributed by atoms with Crippen LogP contribution in [-0.4, -0.2) is 28.9 Å². The summed E-state index contributed by atoms with van der Waals surface area (Å²) < 4.78 is 52.8. The van der Waals surface area contributed by atoms with E-state index in [0.717, 1.165) is 23.5 Å². The molecule has 0 bridgehead atoms. The number of anilines is 1. The van der Waals surface area contributed by atoms with E-state index < -0.39 is 17.6 Å². The first-order valence-electron chi connectivity index (χ1n) is 7.83. The zero-order chi connectivity index (χ0) is 19.6. The lowest BCUT2D eigenvalue weighted by molar-refractivity contribution is -0.137. The number of thiazole rings is 1. The Hall–Kier alpha value is -2.00. The summed E-state index contributed by atoms with van der Waals surface area (Å²) in [5.74, 6) is -1.34. The number of rotatable bonds is 5. The van der Waals surface area contributed by atoms with Gasteiger partial charge in [-0.05, 0) is 39.1 Å². The van der Waals surface area contributed by atoms with Gasteiger partial charge in [-0.2, -0.15) is 13.2 Å². The maximum Gasteiger partial charge on any atom is 0.416 e. The highest BCUT2D eigenvalue weighted by Crippen LogP contribution is 2.37. The van der Waals surface area contributed by atoms with Crippen molar-refractivity contribution in [2.45, 2.75) is 39.5 Å². The molecule has 2 rings (SSSR count). The number of nitrogens with zero attached hydrogens (tertiary/aromatic N) is 2. The summed E-state index contributed by atoms with van der Waals surface area (Å²) in [5, 5.41) is 2.79. The summed E-state index contributed by atoms with van der Waals surface area (Å²) >= 11 is 1.16. The van der Waals surface area contributed by atoms with Crippen LogP contribution in [0.3, 0.4) is 0 Å². The minimum Gasteiger partial charge on any atom is -0.302 e. The SMILES string of the molecule is CC(=O)Nc1nc(-c2cc(F)cc(C(F)(F)F)c2)c(CN(C)C(C)C)s1. The van der Waals surface area contributed by atoms with Gasteiger partial charge in [-0.3, -0.25) is 9.69 Å². The average molecular weight is 389 g/mol. The topological polar surface area (TPSA) is 45.2 Å². The number of nitrogens with one attached hydrogen (secondary N) is 1. The molecule has 142 valence electrons. The molecule has 0 aliphatic heterocycles. The second kappa shape index (κ2) is 7.71. The summed E-state index contributed by atoms with van der Waals surface area (Å²) in [5.41, 5.74) is -0.821. The number of aromatic nitrogens is 1. The Balaban J connectivity index is 2.54. The number of benzene rings is 1. The molecular weight excluding hydrogens is 370 g/mol. The standard InChI is InChI=1S/C17H19F4N3OS/c1-9(2)24(4)8-14-15(23-16(26-14)22-10(3)25)11-5-12(17(19,20)21)7-13(18)6-11/h5-7,9H,8H2,1-4H3,(H,22,23,25). The third-order valence-electron chi connectivity index (χ3n) is 3.75. The molecule has 0 radical (unpaired) electrons. The minimum atomic E-state index is -4.66. The van der Waals surface area contributed by atoms with E-state index >= 15 is 0 Å². The molecule has 0 fully saturated rings. The maximum absolute atomic E-state index is 13.8. The summed E-state index contributed by atoms with van der Waals surface area (Å²) in [6.07, 6.45) is -4.66. The van der Waals surface area contributed by atoms with E-state index in [0.29, 0.717) is 17.5 Å². The zero-order valence-electron chi connectivity index (χ0n) is 14.7. The summed E-state index contributed by atoms with van der Waals surface area (Å²) in [7, 11) is 1.86. The fourth-order valence-electron chi connectivity index (χ4n) is 2.19. The normalized spacial score (nSPS) is 12.1. The van der Waals surface area contributed by atoms with Crippen molar-refractivity contribution in [1.29, 1.82) is 0 Å². The number of amides is 1. The van der Waals surface area contributed by atoms with E-state index in [9.17, 15) is 22.4 Å². The molecule has 0 unspecified atom stereocenters. The lowest BCUT2D eigenvalue weighted by atomic mass is 10.1. The largest absolute Gasteiger partial charge is 0.416 e. The Morgan fingerprint density at radius 3 is 2.50 bits per heavy atom. The molecule has 2 aromatic rings. The van der Waals surface area contributed by atoms with Crippen LogP contribution in [0.25, 0.3) is 11.3 Å². The molecule has 0 spiro atoms. The number of carbonyl (C=O) groups is 1. The Morgan fingerprint density at radius 2 is 1.96 bits per heavy atom. The average Bonchev–Trinajstić information content (AvgIpc) is 2.87. The van der Waals surface area contributed by atoms with Crippen LogP contribution in [0.15, 0.2) is 18.2 Å². The van der Waals surface area contributed by atoms with Gasteiger partial charge in [-0.1, -0.05) is 11.3 Å². The van der Waals surface area contributed by atoms with Crippen molar-refractivity contribution >= 4 is 22.4 Å². The van der Waals surface area contributed by atoms with E-state index in [1.165, 1.54) is 6.92 Å². The molecule has 1 amide bonds. The second-order valence-corrected chi connectivity index (χ2v) is 7.29. The molecule has 9 heteroatoms. The lowest BCUT2D eigenvalue weighted by Gasteiger charge is -2.20. The van der Waals surface area contributed by atoms with Crippen LogP contribution in [0, 0.1) is 5.82 Å². The number of hydrogen-bond donors (Lipinski definition) is 1. The van der Waals surface area contributed by atoms with Gasteiger partial charge in [0.1, 0.15) is 5.82 Å². The van der Waals surface area contributed by atoms with E-state index in [4.69, 9.17) is 0 Å². The van der Waals surface area contributed by atoms with Gasteiger partial charge in [0.05, 0.1) is 11.3 Å². The summed E-state index contributed by atoms with van der Waals surface area (Å²) in [4.78, 5) is 18.1. The van der Waals surface area contributed by atoms with Gasteiger partial charge < -0.3 is 5.32 Å². The minimum absolute atomic E-state index is 0.0253. The van der Waals surface area contributed by atoms with Crippen LogP contribution >= 0.6 is 11.3 Å². The van der Waals surface area contributed by atoms with Gasteiger partial charge in [-0.15, -0.1) is 0 Å². The molecule has 4 nitrogen and oxygen atoms in total. The van der Waals surface area contributed by atoms with Crippen molar-refractivity contribution in [2.75, 3.05) is 12.4 Å². The Kier molecular flexibility index (Phi) is 6.02. The predicted molar refractivity (Wildman–Crippen MR) is 93.4 cm³/mol. The first kappa shape index (κ1) is 20.3. The first-order chi connectivity index (χ1) is 12.0. The number of hydrogen-bond acceptors (Lipinski definition) is 4. The number of alkyl halides is 3. The molecule has 0 aliphatic rings. The van der Waals surface area contributed by atoms with Crippen molar-refractivity contribution < 1.29 is 22.4 Å². The highest BCUT2D eigenvalue weighted by molar-refractivity contribution is 7.16. The quantitative estimate of drug-likeness (QED) is 0.750. The van der Waals surface area contributed by atoms with Gasteiger partial charge in [0.15, 0.2) is 5.13 Å². The lowest BCUT2D eigenvalue weighted by Crippen LogP contribution is -2.25. The summed E-state index contributed by atoms with van der Waals surface area (Å²) in [6.45, 7) is 5.66. The molecule has 1 aromatic heterocycles. The van der Waals surface area contributed by atoms with Crippen molar-refractivity contribution in [1.82, 2.24) is 9.88 Å². The van der Waals surface area contributed by atoms with Crippen LogP contribution in [-0.2, 0) is 17.5 Å². The van der Waals surface area contributed by atoms with E-state index in [-0.39, 0.29) is 28.3 Å². The molecule has 0 saturated carbocycles. The van der Waals surface area contributed by atoms with Gasteiger partial charge in [0.25, 0.3) is 0 Å². The maximum atomic E-state index is 13.8. The van der Waals surface area contributed by atoms with Crippen LogP contribution < -0.4 is 5.32 Å². The Bertz CT molecular complexity index is 802. The smallest absolute Gasteiger partial charge is 0.302 e. The van der Waals surface area contributed by atoms with Crippen LogP contribution in [0.4, 0.5) is 22.7 Å². The van der Waals surface area contributed by atoms with Crippen LogP contribution in [0.2, 0.25) is 0 Å². The number of halogens is 4. The van der Waals surface area contributed by atoms with Crippen molar-refractivity contribution in [3.63, 3.8) is 0 Å². The predicted octanol–water partition coefficient (Wildman–Crippen LogP) is 4.77. The zero-order valence-corrected chi connectivity index (χ0v) is 15.6. The van der Waals surface area contributed by atoms with Crippen molar-refractivity contribution in [3.8, 4) is 11.3 Å². The van der Waals surface area contributed by atoms with E-state index in [2.05, 4.69) is 10.3 Å². The van der Waals surface area contributed by atoms with Crippen LogP contribution in [0.5, 0.6) is 0 Å². The van der Waals surface area contributed by atoms with Crippen molar-refractivity contribution in [3.05, 3.63) is 34.5 Å². The fourth-order valence-corrected chi connectivity index (χ4v) is 3.28. The molecule has 26 heavy (non-hydrogen) atoms. The molecule has 0 aliphatic carbocycles. The monoisotopic (exact) mass is 389 g/mol. The third-order valence-corrected chi connectivity index (χ3v) is 4.71. The first-order valence-corrected chi connectivity index (χ1v) is 8.64. The molecule has 0 saturated heterocycles. The highest BCUT2D eigenvalue weighted by atomic mass is 32.1. The van der Waals surface area contributed by atoms with Gasteiger partial charge in [0.2, 0.25) is 5.91 Å². The molecule has 1 aromatic carbocycles. The molecule has 1 heterocycles. The van der Waals surface area contributed by atoms with Gasteiger partial charge in [-0.25, -0.2) is 9.37 Å². The fraction of sp³-hybridized carbons (Fsp3) is 0.412. The molecular formula is C17H19F4N3OS. The van der Waals surface area contributed by atoms with Crippen LogP contribution in [0.1, 0.15) is 31.2 Å². The highest BCUT2D eigenvalue weighted by Gasteiger charge is 2.32. The Morgan fingerprint density at radius 1 is 1.31 bits per heavy atom. The van der Waals surface area contributed by atoms with E-state index in [1.807, 2.05) is 25.8 Å². The second-order valence-electron chi connectivity index (χ2n) is 6.21. The van der Waals surface area contributed by atoms with Gasteiger partial charge >= 0.3 is 6.18 Å². The number of carbonyl (C=O) groups excluding carboxylic acids is 1. The van der Waals surface area contributed by atoms with Gasteiger partial charge in [0, 0.05) is 30.0 Å². The summed E-state index contributed by atoms with van der Waals surface area (Å²) in [6, 6.07) is 2.52. The third kappa shape index (κ3) is 5.01. The molecule has 0 atom stereocenters. The van der Waals surface area contributed by atoms with Crippen molar-refractivity contribution in [2.24, 2.45) is 0 Å².